The quantitative estimate of drug-likeness (QED) is 0.1000. The zero-order chi connectivity index (χ0) is 49.7. The van der Waals surface area contributed by atoms with Crippen molar-refractivity contribution >= 4 is 51.5 Å². The Morgan fingerprint density at radius 1 is 0.278 bits per heavy atom. The van der Waals surface area contributed by atoms with E-state index >= 15 is 0 Å². The summed E-state index contributed by atoms with van der Waals surface area (Å²) < 4.78 is 82.5. The molecule has 0 aromatic heterocycles. The highest BCUT2D eigenvalue weighted by atomic mass is 79.9. The second kappa shape index (κ2) is 20.9. The Morgan fingerprint density at radius 3 is 0.889 bits per heavy atom. The molecule has 10 aromatic rings. The Labute approximate surface area is 434 Å². The average molecular weight is 1110 g/mol. The van der Waals surface area contributed by atoms with E-state index in [-0.39, 0.29) is 19.6 Å². The molecule has 8 nitrogen and oxygen atoms in total. The molecular formula is C60H40Br2O8S2. The van der Waals surface area contributed by atoms with Crippen LogP contribution < -0.4 is 18.9 Å². The van der Waals surface area contributed by atoms with Crippen LogP contribution in [0.4, 0.5) is 0 Å². The van der Waals surface area contributed by atoms with E-state index in [0.717, 1.165) is 36.8 Å². The van der Waals surface area contributed by atoms with Crippen LogP contribution in [0.3, 0.4) is 0 Å². The Balaban J connectivity index is 0.834. The van der Waals surface area contributed by atoms with Crippen molar-refractivity contribution in [3.63, 3.8) is 0 Å². The van der Waals surface area contributed by atoms with Crippen molar-refractivity contribution in [2.24, 2.45) is 0 Å². The van der Waals surface area contributed by atoms with E-state index in [1.54, 1.807) is 66.7 Å². The maximum atomic E-state index is 13.8. The minimum absolute atomic E-state index is 0.0917. The van der Waals surface area contributed by atoms with E-state index in [4.69, 9.17) is 18.9 Å². The minimum Gasteiger partial charge on any atom is -0.457 e. The van der Waals surface area contributed by atoms with Crippen molar-refractivity contribution in [3.05, 3.63) is 252 Å². The minimum atomic E-state index is -3.90. The first-order valence-corrected chi connectivity index (χ1v) is 27.0. The molecule has 0 saturated heterocycles. The van der Waals surface area contributed by atoms with Crippen molar-refractivity contribution in [1.29, 1.82) is 0 Å². The molecule has 0 heterocycles. The first-order valence-electron chi connectivity index (χ1n) is 22.5. The van der Waals surface area contributed by atoms with Gasteiger partial charge < -0.3 is 18.9 Å². The van der Waals surface area contributed by atoms with Gasteiger partial charge in [0.1, 0.15) is 46.0 Å². The standard InChI is InChI=1S/C60H40Br2O8S2/c61-44-19-37-56(54(39-44)41-11-4-1-5-12-41)67-46-21-29-50(30-22-46)71(63,64)52-33-25-48(26-34-52)69-58-17-10-18-59(60(58)43-15-8-3-9-16-43)70-49-27-35-53(36-28-49)72(65,66)51-31-23-47(24-32-51)68-57-38-20-45(62)40-55(57)42-13-6-2-7-14-42/h1-40H. The lowest BCUT2D eigenvalue weighted by atomic mass is 10.0. The topological polar surface area (TPSA) is 105 Å². The molecule has 0 bridgehead atoms. The highest BCUT2D eigenvalue weighted by molar-refractivity contribution is 9.10. The van der Waals surface area contributed by atoms with E-state index in [1.807, 2.05) is 127 Å². The number of ether oxygens (including phenoxy) is 4. The normalized spacial score (nSPS) is 11.4. The smallest absolute Gasteiger partial charge is 0.206 e. The van der Waals surface area contributed by atoms with Crippen LogP contribution in [0.15, 0.2) is 271 Å². The van der Waals surface area contributed by atoms with Crippen molar-refractivity contribution in [2.75, 3.05) is 0 Å². The molecule has 72 heavy (non-hydrogen) atoms. The van der Waals surface area contributed by atoms with Crippen LogP contribution in [0.25, 0.3) is 33.4 Å². The van der Waals surface area contributed by atoms with Gasteiger partial charge in [-0.25, -0.2) is 16.8 Å². The van der Waals surface area contributed by atoms with Crippen molar-refractivity contribution < 1.29 is 35.8 Å². The van der Waals surface area contributed by atoms with Crippen LogP contribution in [-0.4, -0.2) is 16.8 Å². The summed E-state index contributed by atoms with van der Waals surface area (Å²) in [4.78, 5) is 0.405. The lowest BCUT2D eigenvalue weighted by Crippen LogP contribution is -2.02. The summed E-state index contributed by atoms with van der Waals surface area (Å²) in [5.74, 6) is 3.94. The van der Waals surface area contributed by atoms with Gasteiger partial charge in [-0.15, -0.1) is 0 Å². The molecule has 0 aliphatic carbocycles. The lowest BCUT2D eigenvalue weighted by Gasteiger charge is -2.17. The van der Waals surface area contributed by atoms with E-state index in [1.165, 1.54) is 48.5 Å². The third-order valence-corrected chi connectivity index (χ3v) is 16.1. The summed E-state index contributed by atoms with van der Waals surface area (Å²) in [5, 5.41) is 0. The van der Waals surface area contributed by atoms with E-state index in [2.05, 4.69) is 31.9 Å². The molecule has 0 amide bonds. The summed E-state index contributed by atoms with van der Waals surface area (Å²) >= 11 is 7.10. The Hall–Kier alpha value is -7.74. The molecule has 10 rings (SSSR count). The highest BCUT2D eigenvalue weighted by Gasteiger charge is 2.22. The molecule has 12 heteroatoms. The van der Waals surface area contributed by atoms with E-state index < -0.39 is 19.7 Å². The van der Waals surface area contributed by atoms with E-state index in [0.29, 0.717) is 51.6 Å². The number of benzene rings is 10. The Bertz CT molecular complexity index is 3520. The van der Waals surface area contributed by atoms with Gasteiger partial charge in [0.25, 0.3) is 0 Å². The molecule has 0 aliphatic heterocycles. The molecule has 0 aliphatic rings. The SMILES string of the molecule is O=S(=O)(c1ccc(Oc2ccc(Br)cc2-c2ccccc2)cc1)c1ccc(Oc2cccc(Oc3ccc(S(=O)(=O)c4ccc(Oc5ccc(Br)cc5-c5ccccc5)cc4)cc3)c2-c2ccccc2)cc1. The largest absolute Gasteiger partial charge is 0.457 e. The summed E-state index contributed by atoms with van der Waals surface area (Å²) in [5.41, 5.74) is 5.18. The van der Waals surface area contributed by atoms with Crippen LogP contribution in [-0.2, 0) is 19.7 Å². The van der Waals surface area contributed by atoms with Gasteiger partial charge in [0, 0.05) is 20.1 Å². The van der Waals surface area contributed by atoms with Gasteiger partial charge in [0.05, 0.1) is 25.1 Å². The second-order valence-electron chi connectivity index (χ2n) is 16.3. The van der Waals surface area contributed by atoms with Gasteiger partial charge in [-0.1, -0.05) is 129 Å². The van der Waals surface area contributed by atoms with Crippen LogP contribution in [0, 0.1) is 0 Å². The molecule has 0 saturated carbocycles. The summed E-state index contributed by atoms with van der Waals surface area (Å²) in [6.07, 6.45) is 0. The first-order chi connectivity index (χ1) is 35.0. The van der Waals surface area contributed by atoms with Crippen molar-refractivity contribution in [2.45, 2.75) is 19.6 Å². The summed E-state index contributed by atoms with van der Waals surface area (Å²) in [6, 6.07) is 71.3. The zero-order valence-corrected chi connectivity index (χ0v) is 42.7. The molecule has 0 atom stereocenters. The predicted octanol–water partition coefficient (Wildman–Crippen LogP) is 17.0. The number of sulfone groups is 2. The maximum Gasteiger partial charge on any atom is 0.206 e. The van der Waals surface area contributed by atoms with Gasteiger partial charge >= 0.3 is 0 Å². The summed E-state index contributed by atoms with van der Waals surface area (Å²) in [7, 11) is -7.80. The zero-order valence-electron chi connectivity index (χ0n) is 37.9. The average Bonchev–Trinajstić information content (AvgIpc) is 3.41. The Morgan fingerprint density at radius 2 is 0.569 bits per heavy atom. The van der Waals surface area contributed by atoms with Crippen molar-refractivity contribution in [3.8, 4) is 79.4 Å². The number of halogens is 2. The number of rotatable bonds is 15. The van der Waals surface area contributed by atoms with Crippen LogP contribution in [0.5, 0.6) is 46.0 Å². The van der Waals surface area contributed by atoms with Gasteiger partial charge in [-0.05, 0) is 162 Å². The fourth-order valence-corrected chi connectivity index (χ4v) is 11.2. The van der Waals surface area contributed by atoms with E-state index in [9.17, 15) is 16.8 Å². The molecule has 0 radical (unpaired) electrons. The third kappa shape index (κ3) is 10.6. The molecule has 354 valence electrons. The lowest BCUT2D eigenvalue weighted by molar-refractivity contribution is 0.463. The van der Waals surface area contributed by atoms with Crippen molar-refractivity contribution in [1.82, 2.24) is 0 Å². The highest BCUT2D eigenvalue weighted by Crippen LogP contribution is 2.43. The third-order valence-electron chi connectivity index (χ3n) is 11.6. The molecule has 10 aromatic carbocycles. The number of hydrogen-bond acceptors (Lipinski definition) is 8. The maximum absolute atomic E-state index is 13.8. The van der Waals surface area contributed by atoms with Crippen LogP contribution in [0.1, 0.15) is 0 Å². The van der Waals surface area contributed by atoms with Gasteiger partial charge in [-0.2, -0.15) is 0 Å². The molecule has 0 fully saturated rings. The molecule has 0 unspecified atom stereocenters. The van der Waals surface area contributed by atoms with Gasteiger partial charge in [0.15, 0.2) is 0 Å². The fourth-order valence-electron chi connectivity index (χ4n) is 7.97. The van der Waals surface area contributed by atoms with Gasteiger partial charge in [-0.3, -0.25) is 0 Å². The fraction of sp³-hybridized carbons (Fsp3) is 0. The second-order valence-corrected chi connectivity index (χ2v) is 22.0. The summed E-state index contributed by atoms with van der Waals surface area (Å²) in [6.45, 7) is 0. The molecule has 0 spiro atoms. The molecule has 0 N–H and O–H groups in total. The Kier molecular flexibility index (Phi) is 13.9. The first kappa shape index (κ1) is 47.9. The van der Waals surface area contributed by atoms with Crippen LogP contribution in [0.2, 0.25) is 0 Å². The van der Waals surface area contributed by atoms with Gasteiger partial charge in [0.2, 0.25) is 19.7 Å². The van der Waals surface area contributed by atoms with Crippen LogP contribution >= 0.6 is 31.9 Å². The molecular weight excluding hydrogens is 1070 g/mol. The number of hydrogen-bond donors (Lipinski definition) is 0. The monoisotopic (exact) mass is 1110 g/mol. The predicted molar refractivity (Wildman–Crippen MR) is 288 cm³/mol.